The van der Waals surface area contributed by atoms with Gasteiger partial charge in [0.05, 0.1) is 0 Å². The largest absolute Gasteiger partial charge is 0.505 e. The number of hydrogen-bond acceptors (Lipinski definition) is 6. The number of benzene rings is 9. The van der Waals surface area contributed by atoms with Crippen molar-refractivity contribution in [3.05, 3.63) is 254 Å². The molecule has 0 amide bonds. The van der Waals surface area contributed by atoms with Crippen LogP contribution in [0, 0.1) is 34.9 Å². The molecule has 0 aliphatic heterocycles. The second-order valence-corrected chi connectivity index (χ2v) is 17.2. The Morgan fingerprint density at radius 2 is 0.434 bits per heavy atom. The fraction of sp³-hybridized carbons (Fsp3) is 0. The Hall–Kier alpha value is -9.28. The fourth-order valence-electron chi connectivity index (χ4n) is 8.84. The lowest BCUT2D eigenvalue weighted by Gasteiger charge is -2.13. The van der Waals surface area contributed by atoms with Crippen molar-refractivity contribution in [1.82, 2.24) is 15.0 Å². The molecule has 0 saturated heterocycles. The second-order valence-electron chi connectivity index (χ2n) is 17.2. The predicted octanol–water partition coefficient (Wildman–Crippen LogP) is 16.3. The van der Waals surface area contributed by atoms with Crippen LogP contribution in [-0.2, 0) is 0 Å². The van der Waals surface area contributed by atoms with Crippen LogP contribution in [0.3, 0.4) is 0 Å². The van der Waals surface area contributed by atoms with Gasteiger partial charge in [-0.1, -0.05) is 91.0 Å². The van der Waals surface area contributed by atoms with Crippen molar-refractivity contribution >= 4 is 50.1 Å². The number of halogens is 6. The number of fused-ring (bicyclic) bond motifs is 3. The molecule has 13 heteroatoms. The highest BCUT2D eigenvalue weighted by atomic mass is 27.0. The van der Waals surface area contributed by atoms with E-state index in [0.717, 1.165) is 49.5 Å². The average molecular weight is 1030 g/mol. The van der Waals surface area contributed by atoms with Crippen molar-refractivity contribution in [2.45, 2.75) is 0 Å². The van der Waals surface area contributed by atoms with E-state index in [-0.39, 0.29) is 69.5 Å². The van der Waals surface area contributed by atoms with Gasteiger partial charge >= 0.3 is 0 Å². The van der Waals surface area contributed by atoms with Crippen LogP contribution in [0.25, 0.3) is 99.5 Å². The molecule has 0 aliphatic carbocycles. The predicted molar refractivity (Wildman–Crippen MR) is 288 cm³/mol. The molecule has 3 aromatic heterocycles. The normalized spacial score (nSPS) is 10.8. The number of aromatic nitrogens is 3. The lowest BCUT2D eigenvalue weighted by atomic mass is 9.94. The van der Waals surface area contributed by atoms with Crippen LogP contribution < -0.4 is 0 Å². The van der Waals surface area contributed by atoms with Crippen LogP contribution in [0.1, 0.15) is 0 Å². The zero-order valence-corrected chi connectivity index (χ0v) is 41.0. The number of pyridine rings is 3. The van der Waals surface area contributed by atoms with Gasteiger partial charge in [0.2, 0.25) is 0 Å². The number of rotatable bonds is 6. The molecule has 0 spiro atoms. The van der Waals surface area contributed by atoms with Gasteiger partial charge in [0.25, 0.3) is 0 Å². The van der Waals surface area contributed by atoms with E-state index < -0.39 is 0 Å². The first-order valence-corrected chi connectivity index (χ1v) is 23.3. The van der Waals surface area contributed by atoms with E-state index in [9.17, 15) is 41.7 Å². The number of hydrogen-bond donors (Lipinski definition) is 3. The van der Waals surface area contributed by atoms with E-state index in [4.69, 9.17) is 0 Å². The second kappa shape index (κ2) is 22.5. The Balaban J connectivity index is 0.000000138. The highest BCUT2D eigenvalue weighted by molar-refractivity contribution is 6.05. The zero-order valence-electron chi connectivity index (χ0n) is 39.8. The first kappa shape index (κ1) is 51.6. The van der Waals surface area contributed by atoms with E-state index in [0.29, 0.717) is 49.9 Å². The quantitative estimate of drug-likeness (QED) is 0.113. The van der Waals surface area contributed by atoms with Crippen LogP contribution in [-0.4, -0.2) is 47.6 Å². The molecule has 6 nitrogen and oxygen atoms in total. The van der Waals surface area contributed by atoms with Gasteiger partial charge < -0.3 is 15.3 Å². The molecular weight excluding hydrogens is 988 g/mol. The lowest BCUT2D eigenvalue weighted by molar-refractivity contribution is 0.482. The monoisotopic (exact) mass is 1030 g/mol. The van der Waals surface area contributed by atoms with Gasteiger partial charge in [0, 0.05) is 68.8 Å². The van der Waals surface area contributed by atoms with Gasteiger partial charge in [-0.25, -0.2) is 26.3 Å². The summed E-state index contributed by atoms with van der Waals surface area (Å²) in [6.45, 7) is 0. The minimum Gasteiger partial charge on any atom is -0.505 e. The summed E-state index contributed by atoms with van der Waals surface area (Å²) in [7, 11) is 0. The number of phenolic OH excluding ortho intramolecular Hbond substituents is 3. The maximum atomic E-state index is 13.3. The Kier molecular flexibility index (Phi) is 15.3. The van der Waals surface area contributed by atoms with Gasteiger partial charge in [-0.05, 0) is 159 Å². The summed E-state index contributed by atoms with van der Waals surface area (Å²) in [5.41, 5.74) is 9.89. The summed E-state index contributed by atoms with van der Waals surface area (Å²) < 4.78 is 79.5. The highest BCUT2D eigenvalue weighted by Gasteiger charge is 2.19. The smallest absolute Gasteiger partial charge is 0.149 e. The first-order chi connectivity index (χ1) is 36.4. The first-order valence-electron chi connectivity index (χ1n) is 23.3. The number of aromatic hydroxyl groups is 3. The minimum atomic E-state index is -0.346. The summed E-state index contributed by atoms with van der Waals surface area (Å²) in [6, 6.07) is 52.5. The minimum absolute atomic E-state index is 0. The molecule has 0 bridgehead atoms. The fourth-order valence-corrected chi connectivity index (χ4v) is 8.84. The third kappa shape index (κ3) is 10.8. The Morgan fingerprint density at radius 3 is 0.632 bits per heavy atom. The molecule has 3 radical (unpaired) electrons. The maximum Gasteiger partial charge on any atom is 0.149 e. The van der Waals surface area contributed by atoms with Gasteiger partial charge in [-0.2, -0.15) is 0 Å². The summed E-state index contributed by atoms with van der Waals surface area (Å²) >= 11 is 0. The van der Waals surface area contributed by atoms with Gasteiger partial charge in [-0.15, -0.1) is 0 Å². The molecular formula is C63H39AlF6N3O3. The van der Waals surface area contributed by atoms with Crippen LogP contribution in [0.4, 0.5) is 26.3 Å². The summed E-state index contributed by atoms with van der Waals surface area (Å²) in [4.78, 5) is 12.9. The molecule has 3 N–H and O–H groups in total. The molecule has 9 aromatic carbocycles. The van der Waals surface area contributed by atoms with Crippen LogP contribution in [0.15, 0.2) is 219 Å². The van der Waals surface area contributed by atoms with Crippen LogP contribution >= 0.6 is 0 Å². The van der Waals surface area contributed by atoms with Crippen molar-refractivity contribution in [2.24, 2.45) is 0 Å². The van der Waals surface area contributed by atoms with Gasteiger partial charge in [0.15, 0.2) is 0 Å². The number of phenols is 3. The molecule has 0 saturated carbocycles. The SMILES string of the molecule is Oc1c(-c2ccc(F)cc2)cc(-c2ccc(F)cc2)c2cccnc12.Oc1c(-c2ccc(F)cc2)cc(-c2ccc(F)cc2)c2cccnc12.Oc1c(-c2ccc(F)cc2)cc(-c2ccc(F)cc2)c2cccnc12.[Al]. The van der Waals surface area contributed by atoms with Crippen molar-refractivity contribution in [3.8, 4) is 84.0 Å². The van der Waals surface area contributed by atoms with Gasteiger partial charge in [0.1, 0.15) is 68.7 Å². The van der Waals surface area contributed by atoms with Crippen molar-refractivity contribution in [3.63, 3.8) is 0 Å². The third-order valence-electron chi connectivity index (χ3n) is 12.5. The van der Waals surface area contributed by atoms with E-state index >= 15 is 0 Å². The van der Waals surface area contributed by atoms with E-state index in [1.54, 1.807) is 110 Å². The molecule has 0 atom stereocenters. The average Bonchev–Trinajstić information content (AvgIpc) is 3.44. The van der Waals surface area contributed by atoms with Crippen molar-refractivity contribution in [2.75, 3.05) is 0 Å². The van der Waals surface area contributed by atoms with Crippen molar-refractivity contribution in [1.29, 1.82) is 0 Å². The summed E-state index contributed by atoms with van der Waals surface area (Å²) in [6.07, 6.45) is 4.81. The third-order valence-corrected chi connectivity index (χ3v) is 12.5. The molecule has 0 fully saturated rings. The maximum absolute atomic E-state index is 13.3. The Morgan fingerprint density at radius 1 is 0.250 bits per heavy atom. The molecule has 0 aliphatic rings. The molecule has 12 aromatic rings. The van der Waals surface area contributed by atoms with E-state index in [2.05, 4.69) is 15.0 Å². The summed E-state index contributed by atoms with van der Waals surface area (Å²) in [5.74, 6) is -1.88. The number of nitrogens with zero attached hydrogens (tertiary/aromatic N) is 3. The molecule has 0 unspecified atom stereocenters. The standard InChI is InChI=1S/3C21H13F2NO.Al/c3*22-15-7-3-13(4-8-15)18-12-19(14-5-9-16(23)10-6-14)21(25)20-17(18)2-1-11-24-20;/h3*1-12,25H;. The van der Waals surface area contributed by atoms with Crippen LogP contribution in [0.5, 0.6) is 17.2 Å². The van der Waals surface area contributed by atoms with E-state index in [1.807, 2.05) is 36.4 Å². The van der Waals surface area contributed by atoms with Crippen LogP contribution in [0.2, 0.25) is 0 Å². The molecule has 369 valence electrons. The lowest BCUT2D eigenvalue weighted by Crippen LogP contribution is -1.89. The Bertz CT molecular complexity index is 3600. The van der Waals surface area contributed by atoms with E-state index in [1.165, 1.54) is 72.8 Å². The summed E-state index contributed by atoms with van der Waals surface area (Å²) in [5, 5.41) is 34.3. The molecule has 76 heavy (non-hydrogen) atoms. The topological polar surface area (TPSA) is 99.4 Å². The molecule has 3 heterocycles. The Labute approximate surface area is 442 Å². The molecule has 12 rings (SSSR count). The van der Waals surface area contributed by atoms with Gasteiger partial charge in [-0.3, -0.25) is 15.0 Å². The van der Waals surface area contributed by atoms with Crippen molar-refractivity contribution < 1.29 is 41.7 Å². The zero-order chi connectivity index (χ0) is 52.2. The highest BCUT2D eigenvalue weighted by Crippen LogP contribution is 2.44.